The zero-order chi connectivity index (χ0) is 10.1. The predicted octanol–water partition coefficient (Wildman–Crippen LogP) is -1.41. The summed E-state index contributed by atoms with van der Waals surface area (Å²) in [6.45, 7) is 0.738. The zero-order valence-electron chi connectivity index (χ0n) is 7.50. The Morgan fingerprint density at radius 1 is 1.62 bits per heavy atom. The number of rotatable bonds is 6. The minimum absolute atomic E-state index is 0.0280. The number of nitriles is 1. The van der Waals surface area contributed by atoms with E-state index < -0.39 is 10.8 Å². The van der Waals surface area contributed by atoms with Crippen molar-refractivity contribution in [3.8, 4) is 6.07 Å². The van der Waals surface area contributed by atoms with Gasteiger partial charge in [0.15, 0.2) is 0 Å². The number of carbonyl (C=O) groups is 1. The number of hydrogen-bond acceptors (Lipinski definition) is 4. The van der Waals surface area contributed by atoms with Gasteiger partial charge in [-0.3, -0.25) is 9.00 Å². The molecule has 0 saturated carbocycles. The molecule has 0 rings (SSSR count). The lowest BCUT2D eigenvalue weighted by Crippen LogP contribution is -2.35. The van der Waals surface area contributed by atoms with Crippen molar-refractivity contribution in [3.05, 3.63) is 0 Å². The standard InChI is InChI=1S/C7H13N3O2S/c1-13(12)5-4-9-6-7(11)10-3-2-8/h9H,3-6H2,1H3,(H,10,11). The summed E-state index contributed by atoms with van der Waals surface area (Å²) in [4.78, 5) is 10.8. The molecule has 1 atom stereocenters. The van der Waals surface area contributed by atoms with Crippen molar-refractivity contribution in [1.29, 1.82) is 5.26 Å². The molecule has 0 aromatic carbocycles. The Morgan fingerprint density at radius 2 is 2.31 bits per heavy atom. The Bertz CT molecular complexity index is 224. The Kier molecular flexibility index (Phi) is 7.15. The number of nitrogens with one attached hydrogen (secondary N) is 2. The molecule has 0 aromatic heterocycles. The SMILES string of the molecule is CS(=O)CCNCC(=O)NCC#N. The quantitative estimate of drug-likeness (QED) is 0.410. The maximum atomic E-state index is 10.8. The molecule has 0 bridgehead atoms. The molecule has 0 aliphatic heterocycles. The molecule has 5 nitrogen and oxygen atoms in total. The van der Waals surface area contributed by atoms with E-state index in [2.05, 4.69) is 10.6 Å². The van der Waals surface area contributed by atoms with Gasteiger partial charge in [0.25, 0.3) is 0 Å². The monoisotopic (exact) mass is 203 g/mol. The third kappa shape index (κ3) is 8.98. The second kappa shape index (κ2) is 7.71. The van der Waals surface area contributed by atoms with E-state index in [-0.39, 0.29) is 19.0 Å². The Balaban J connectivity index is 3.28. The van der Waals surface area contributed by atoms with Gasteiger partial charge in [-0.05, 0) is 0 Å². The fourth-order valence-electron chi connectivity index (χ4n) is 0.618. The molecular formula is C7H13N3O2S. The molecule has 0 saturated heterocycles. The largest absolute Gasteiger partial charge is 0.342 e. The van der Waals surface area contributed by atoms with Crippen molar-refractivity contribution in [1.82, 2.24) is 10.6 Å². The highest BCUT2D eigenvalue weighted by atomic mass is 32.2. The number of carbonyl (C=O) groups excluding carboxylic acids is 1. The van der Waals surface area contributed by atoms with Gasteiger partial charge in [0, 0.05) is 29.4 Å². The third-order valence-electron chi connectivity index (χ3n) is 1.22. The van der Waals surface area contributed by atoms with Gasteiger partial charge in [0.2, 0.25) is 5.91 Å². The van der Waals surface area contributed by atoms with Crippen LogP contribution in [0.5, 0.6) is 0 Å². The molecule has 1 unspecified atom stereocenters. The summed E-state index contributed by atoms with van der Waals surface area (Å²) in [5, 5.41) is 13.3. The van der Waals surface area contributed by atoms with Crippen LogP contribution in [-0.4, -0.2) is 41.8 Å². The van der Waals surface area contributed by atoms with Crippen LogP contribution < -0.4 is 10.6 Å². The van der Waals surface area contributed by atoms with Gasteiger partial charge in [-0.25, -0.2) is 0 Å². The highest BCUT2D eigenvalue weighted by molar-refractivity contribution is 7.84. The lowest BCUT2D eigenvalue weighted by molar-refractivity contribution is -0.119. The fourth-order valence-corrected chi connectivity index (χ4v) is 1.05. The highest BCUT2D eigenvalue weighted by Crippen LogP contribution is 1.71. The second-order valence-corrected chi connectivity index (χ2v) is 3.94. The van der Waals surface area contributed by atoms with Gasteiger partial charge in [0.05, 0.1) is 12.6 Å². The van der Waals surface area contributed by atoms with E-state index in [0.29, 0.717) is 12.3 Å². The molecule has 0 radical (unpaired) electrons. The normalized spacial score (nSPS) is 11.7. The van der Waals surface area contributed by atoms with Gasteiger partial charge < -0.3 is 10.6 Å². The van der Waals surface area contributed by atoms with Crippen LogP contribution in [0.2, 0.25) is 0 Å². The van der Waals surface area contributed by atoms with Gasteiger partial charge in [-0.1, -0.05) is 0 Å². The Morgan fingerprint density at radius 3 is 2.85 bits per heavy atom. The van der Waals surface area contributed by atoms with Gasteiger partial charge in [-0.15, -0.1) is 0 Å². The van der Waals surface area contributed by atoms with Crippen LogP contribution in [-0.2, 0) is 15.6 Å². The first kappa shape index (κ1) is 12.1. The van der Waals surface area contributed by atoms with Crippen molar-refractivity contribution in [2.75, 3.05) is 31.6 Å². The van der Waals surface area contributed by atoms with E-state index in [1.165, 1.54) is 0 Å². The number of nitrogens with zero attached hydrogens (tertiary/aromatic N) is 1. The van der Waals surface area contributed by atoms with E-state index in [0.717, 1.165) is 0 Å². The summed E-state index contributed by atoms with van der Waals surface area (Å²) in [7, 11) is -0.832. The Hall–Kier alpha value is -0.930. The van der Waals surface area contributed by atoms with Crippen LogP contribution in [0.4, 0.5) is 0 Å². The zero-order valence-corrected chi connectivity index (χ0v) is 8.32. The number of hydrogen-bond donors (Lipinski definition) is 2. The Labute approximate surface area is 80.0 Å². The summed E-state index contributed by atoms with van der Waals surface area (Å²) in [5.41, 5.74) is 0. The van der Waals surface area contributed by atoms with Crippen LogP contribution in [0.25, 0.3) is 0 Å². The molecule has 0 spiro atoms. The first-order valence-corrected chi connectivity index (χ1v) is 5.54. The van der Waals surface area contributed by atoms with E-state index in [1.807, 2.05) is 0 Å². The van der Waals surface area contributed by atoms with Crippen molar-refractivity contribution in [3.63, 3.8) is 0 Å². The molecule has 0 fully saturated rings. The van der Waals surface area contributed by atoms with Crippen molar-refractivity contribution in [2.45, 2.75) is 0 Å². The van der Waals surface area contributed by atoms with E-state index in [4.69, 9.17) is 5.26 Å². The van der Waals surface area contributed by atoms with E-state index in [9.17, 15) is 9.00 Å². The van der Waals surface area contributed by atoms with Gasteiger partial charge in [0.1, 0.15) is 6.54 Å². The van der Waals surface area contributed by atoms with Crippen molar-refractivity contribution >= 4 is 16.7 Å². The molecule has 0 aliphatic carbocycles. The smallest absolute Gasteiger partial charge is 0.234 e. The highest BCUT2D eigenvalue weighted by Gasteiger charge is 1.98. The first-order chi connectivity index (χ1) is 6.16. The van der Waals surface area contributed by atoms with Gasteiger partial charge >= 0.3 is 0 Å². The van der Waals surface area contributed by atoms with Crippen LogP contribution in [0, 0.1) is 11.3 Å². The topological polar surface area (TPSA) is 82.0 Å². The average molecular weight is 203 g/mol. The maximum absolute atomic E-state index is 10.8. The minimum atomic E-state index is -0.832. The van der Waals surface area contributed by atoms with Crippen LogP contribution in [0.1, 0.15) is 0 Å². The molecule has 6 heteroatoms. The molecule has 0 heterocycles. The summed E-state index contributed by atoms with van der Waals surface area (Å²) in [5.74, 6) is 0.314. The minimum Gasteiger partial charge on any atom is -0.342 e. The molecule has 13 heavy (non-hydrogen) atoms. The van der Waals surface area contributed by atoms with Crippen molar-refractivity contribution < 1.29 is 9.00 Å². The fraction of sp³-hybridized carbons (Fsp3) is 0.714. The predicted molar refractivity (Wildman–Crippen MR) is 50.4 cm³/mol. The lowest BCUT2D eigenvalue weighted by Gasteiger charge is -2.02. The molecule has 74 valence electrons. The summed E-state index contributed by atoms with van der Waals surface area (Å²) < 4.78 is 10.6. The van der Waals surface area contributed by atoms with Gasteiger partial charge in [-0.2, -0.15) is 5.26 Å². The lowest BCUT2D eigenvalue weighted by atomic mass is 10.5. The first-order valence-electron chi connectivity index (χ1n) is 3.81. The molecular weight excluding hydrogens is 190 g/mol. The van der Waals surface area contributed by atoms with E-state index >= 15 is 0 Å². The second-order valence-electron chi connectivity index (χ2n) is 2.39. The average Bonchev–Trinajstić information content (AvgIpc) is 2.08. The maximum Gasteiger partial charge on any atom is 0.234 e. The summed E-state index contributed by atoms with van der Waals surface area (Å²) >= 11 is 0. The van der Waals surface area contributed by atoms with Crippen LogP contribution in [0.15, 0.2) is 0 Å². The third-order valence-corrected chi connectivity index (χ3v) is 2.00. The molecule has 1 amide bonds. The molecule has 2 N–H and O–H groups in total. The van der Waals surface area contributed by atoms with E-state index in [1.54, 1.807) is 12.3 Å². The summed E-state index contributed by atoms with van der Waals surface area (Å²) in [6.07, 6.45) is 1.61. The van der Waals surface area contributed by atoms with Crippen molar-refractivity contribution in [2.24, 2.45) is 0 Å². The van der Waals surface area contributed by atoms with Crippen LogP contribution in [0.3, 0.4) is 0 Å². The summed E-state index contributed by atoms with van der Waals surface area (Å²) in [6, 6.07) is 1.80. The van der Waals surface area contributed by atoms with Crippen LogP contribution >= 0.6 is 0 Å². The molecule has 0 aromatic rings. The molecule has 0 aliphatic rings. The number of amides is 1.